The average molecular weight is 313 g/mol. The third-order valence-electron chi connectivity index (χ3n) is 3.11. The lowest BCUT2D eigenvalue weighted by molar-refractivity contribution is 0.0677. The van der Waals surface area contributed by atoms with E-state index >= 15 is 0 Å². The molecule has 5 nitrogen and oxygen atoms in total. The van der Waals surface area contributed by atoms with E-state index in [0.29, 0.717) is 34.3 Å². The number of rotatable bonds is 2. The molecule has 1 aromatic heterocycles. The second kappa shape index (κ2) is 5.09. The fourth-order valence-corrected chi connectivity index (χ4v) is 2.80. The first-order valence-electron chi connectivity index (χ1n) is 5.94. The zero-order valence-electron chi connectivity index (χ0n) is 10.3. The van der Waals surface area contributed by atoms with Gasteiger partial charge >= 0.3 is 5.97 Å². The summed E-state index contributed by atoms with van der Waals surface area (Å²) in [5.41, 5.74) is 2.09. The van der Waals surface area contributed by atoms with E-state index < -0.39 is 5.97 Å². The first-order valence-corrected chi connectivity index (χ1v) is 6.70. The molecule has 2 heterocycles. The monoisotopic (exact) mass is 312 g/mol. The second-order valence-corrected chi connectivity index (χ2v) is 5.29. The van der Waals surface area contributed by atoms with E-state index in [4.69, 9.17) is 27.9 Å². The lowest BCUT2D eigenvalue weighted by Crippen LogP contribution is -2.13. The highest BCUT2D eigenvalue weighted by molar-refractivity contribution is 6.34. The molecule has 0 aliphatic carbocycles. The predicted octanol–water partition coefficient (Wildman–Crippen LogP) is 2.95. The van der Waals surface area contributed by atoms with Gasteiger partial charge in [0.05, 0.1) is 24.6 Å². The summed E-state index contributed by atoms with van der Waals surface area (Å²) in [6, 6.07) is 5.01. The summed E-state index contributed by atoms with van der Waals surface area (Å²) >= 11 is 12.0. The Hall–Kier alpha value is -1.56. The molecule has 1 aromatic carbocycles. The topological polar surface area (TPSA) is 64.3 Å². The van der Waals surface area contributed by atoms with E-state index in [0.717, 1.165) is 5.69 Å². The Morgan fingerprint density at radius 2 is 2.00 bits per heavy atom. The van der Waals surface area contributed by atoms with Gasteiger partial charge in [0.1, 0.15) is 0 Å². The standard InChI is InChI=1S/C13H10Cl2N2O3/c14-7-3-8(15)5-9(4-7)17-11-1-2-20-6-10(11)12(16-17)13(18)19/h3-5H,1-2,6H2,(H,18,19). The molecule has 0 spiro atoms. The number of carbonyl (C=O) groups is 1. The van der Waals surface area contributed by atoms with Gasteiger partial charge < -0.3 is 9.84 Å². The molecule has 1 aliphatic heterocycles. The summed E-state index contributed by atoms with van der Waals surface area (Å²) in [7, 11) is 0. The number of fused-ring (bicyclic) bond motifs is 1. The van der Waals surface area contributed by atoms with Crippen LogP contribution in [0, 0.1) is 0 Å². The highest BCUT2D eigenvalue weighted by Crippen LogP contribution is 2.27. The number of benzene rings is 1. The molecule has 104 valence electrons. The van der Waals surface area contributed by atoms with Crippen molar-refractivity contribution in [1.29, 1.82) is 0 Å². The minimum absolute atomic E-state index is 0.01000. The zero-order chi connectivity index (χ0) is 14.3. The first-order chi connectivity index (χ1) is 9.56. The Balaban J connectivity index is 2.20. The van der Waals surface area contributed by atoms with Gasteiger partial charge in [0.25, 0.3) is 0 Å². The van der Waals surface area contributed by atoms with Crippen LogP contribution in [0.25, 0.3) is 5.69 Å². The minimum Gasteiger partial charge on any atom is -0.476 e. The average Bonchev–Trinajstić information content (AvgIpc) is 2.77. The molecule has 0 saturated heterocycles. The van der Waals surface area contributed by atoms with E-state index in [1.165, 1.54) is 0 Å². The maximum atomic E-state index is 11.3. The van der Waals surface area contributed by atoms with E-state index in [1.54, 1.807) is 22.9 Å². The zero-order valence-corrected chi connectivity index (χ0v) is 11.8. The van der Waals surface area contributed by atoms with E-state index in [2.05, 4.69) is 5.10 Å². The summed E-state index contributed by atoms with van der Waals surface area (Å²) in [5.74, 6) is -1.07. The molecule has 0 radical (unpaired) electrons. The Morgan fingerprint density at radius 1 is 1.30 bits per heavy atom. The number of carboxylic acids is 1. The van der Waals surface area contributed by atoms with Gasteiger partial charge in [0.15, 0.2) is 5.69 Å². The molecule has 3 rings (SSSR count). The summed E-state index contributed by atoms with van der Waals surface area (Å²) in [4.78, 5) is 11.3. The molecule has 0 unspecified atom stereocenters. The number of carboxylic acid groups (broad SMARTS) is 1. The van der Waals surface area contributed by atoms with Crippen LogP contribution in [0.5, 0.6) is 0 Å². The highest BCUT2D eigenvalue weighted by Gasteiger charge is 2.25. The normalized spacial score (nSPS) is 14.1. The molecule has 20 heavy (non-hydrogen) atoms. The number of ether oxygens (including phenoxy) is 1. The molecule has 0 atom stereocenters. The molecule has 1 N–H and O–H groups in total. The molecule has 0 amide bonds. The number of hydrogen-bond acceptors (Lipinski definition) is 3. The van der Waals surface area contributed by atoms with Crippen molar-refractivity contribution < 1.29 is 14.6 Å². The van der Waals surface area contributed by atoms with E-state index in [9.17, 15) is 9.90 Å². The van der Waals surface area contributed by atoms with Gasteiger partial charge in [-0.25, -0.2) is 9.48 Å². The number of aromatic carboxylic acids is 1. The van der Waals surface area contributed by atoms with Crippen molar-refractivity contribution in [2.45, 2.75) is 13.0 Å². The van der Waals surface area contributed by atoms with Crippen molar-refractivity contribution in [3.63, 3.8) is 0 Å². The van der Waals surface area contributed by atoms with Crippen LogP contribution in [0.3, 0.4) is 0 Å². The highest BCUT2D eigenvalue weighted by atomic mass is 35.5. The number of aromatic nitrogens is 2. The molecule has 1 aliphatic rings. The summed E-state index contributed by atoms with van der Waals surface area (Å²) in [6.45, 7) is 0.789. The Bertz CT molecular complexity index is 677. The van der Waals surface area contributed by atoms with Crippen LogP contribution in [0.4, 0.5) is 0 Å². The summed E-state index contributed by atoms with van der Waals surface area (Å²) < 4.78 is 6.90. The van der Waals surface area contributed by atoms with Gasteiger partial charge in [-0.2, -0.15) is 5.10 Å². The molecule has 0 saturated carbocycles. The molecular weight excluding hydrogens is 303 g/mol. The Kier molecular flexibility index (Phi) is 3.41. The van der Waals surface area contributed by atoms with E-state index in [-0.39, 0.29) is 12.3 Å². The van der Waals surface area contributed by atoms with Crippen LogP contribution in [-0.4, -0.2) is 27.5 Å². The summed E-state index contributed by atoms with van der Waals surface area (Å²) in [6.07, 6.45) is 0.597. The maximum absolute atomic E-state index is 11.3. The number of halogens is 2. The molecular formula is C13H10Cl2N2O3. The van der Waals surface area contributed by atoms with Crippen LogP contribution in [-0.2, 0) is 17.8 Å². The fourth-order valence-electron chi connectivity index (χ4n) is 2.28. The lowest BCUT2D eigenvalue weighted by Gasteiger charge is -2.15. The Labute approximate surface area is 124 Å². The third-order valence-corrected chi connectivity index (χ3v) is 3.55. The summed E-state index contributed by atoms with van der Waals surface area (Å²) in [5, 5.41) is 14.3. The van der Waals surface area contributed by atoms with Crippen LogP contribution in [0.1, 0.15) is 21.7 Å². The van der Waals surface area contributed by atoms with E-state index in [1.807, 2.05) is 0 Å². The molecule has 0 bridgehead atoms. The first kappa shape index (κ1) is 13.4. The third kappa shape index (κ3) is 2.28. The SMILES string of the molecule is O=C(O)c1nn(-c2cc(Cl)cc(Cl)c2)c2c1COCC2. The van der Waals surface area contributed by atoms with Gasteiger partial charge in [-0.05, 0) is 18.2 Å². The lowest BCUT2D eigenvalue weighted by atomic mass is 10.1. The van der Waals surface area contributed by atoms with Crippen LogP contribution < -0.4 is 0 Å². The largest absolute Gasteiger partial charge is 0.476 e. The van der Waals surface area contributed by atoms with Crippen molar-refractivity contribution in [2.75, 3.05) is 6.61 Å². The van der Waals surface area contributed by atoms with Crippen molar-refractivity contribution in [3.8, 4) is 5.69 Å². The Morgan fingerprint density at radius 3 is 2.65 bits per heavy atom. The smallest absolute Gasteiger partial charge is 0.356 e. The quantitative estimate of drug-likeness (QED) is 0.926. The molecule has 0 fully saturated rings. The molecule has 2 aromatic rings. The van der Waals surface area contributed by atoms with Crippen LogP contribution in [0.15, 0.2) is 18.2 Å². The van der Waals surface area contributed by atoms with Crippen molar-refractivity contribution in [1.82, 2.24) is 9.78 Å². The van der Waals surface area contributed by atoms with Crippen LogP contribution >= 0.6 is 23.2 Å². The number of hydrogen-bond donors (Lipinski definition) is 1. The van der Waals surface area contributed by atoms with Gasteiger partial charge in [0, 0.05) is 22.0 Å². The fraction of sp³-hybridized carbons (Fsp3) is 0.231. The maximum Gasteiger partial charge on any atom is 0.356 e. The van der Waals surface area contributed by atoms with Gasteiger partial charge in [-0.15, -0.1) is 0 Å². The second-order valence-electron chi connectivity index (χ2n) is 4.42. The predicted molar refractivity (Wildman–Crippen MR) is 73.9 cm³/mol. The van der Waals surface area contributed by atoms with Crippen molar-refractivity contribution in [2.24, 2.45) is 0 Å². The number of nitrogens with zero attached hydrogens (tertiary/aromatic N) is 2. The van der Waals surface area contributed by atoms with Gasteiger partial charge in [-0.3, -0.25) is 0 Å². The molecule has 7 heteroatoms. The van der Waals surface area contributed by atoms with Gasteiger partial charge in [0.2, 0.25) is 0 Å². The minimum atomic E-state index is -1.07. The van der Waals surface area contributed by atoms with Gasteiger partial charge in [-0.1, -0.05) is 23.2 Å². The van der Waals surface area contributed by atoms with Crippen molar-refractivity contribution >= 4 is 29.2 Å². The van der Waals surface area contributed by atoms with Crippen molar-refractivity contribution in [3.05, 3.63) is 45.2 Å². The van der Waals surface area contributed by atoms with Crippen LogP contribution in [0.2, 0.25) is 10.0 Å².